The van der Waals surface area contributed by atoms with Gasteiger partial charge in [0.1, 0.15) is 0 Å². The van der Waals surface area contributed by atoms with E-state index in [-0.39, 0.29) is 24.7 Å². The molecule has 0 saturated carbocycles. The minimum atomic E-state index is -1.08. The number of ether oxygens (including phenoxy) is 2. The maximum atomic E-state index is 12.7. The molecule has 0 fully saturated rings. The average Bonchev–Trinajstić information content (AvgIpc) is 3.39. The van der Waals surface area contributed by atoms with Gasteiger partial charge >= 0.3 is 5.97 Å². The molecule has 7 nitrogen and oxygen atoms in total. The van der Waals surface area contributed by atoms with Gasteiger partial charge in [0.05, 0.1) is 17.7 Å². The first-order chi connectivity index (χ1) is 15.5. The van der Waals surface area contributed by atoms with Crippen molar-refractivity contribution in [2.24, 2.45) is 0 Å². The minimum Gasteiger partial charge on any atom is -0.478 e. The summed E-state index contributed by atoms with van der Waals surface area (Å²) >= 11 is 0. The number of rotatable bonds is 5. The number of carboxylic acids is 1. The van der Waals surface area contributed by atoms with Crippen molar-refractivity contribution in [3.05, 3.63) is 77.5 Å². The molecule has 1 aliphatic heterocycles. The highest BCUT2D eigenvalue weighted by molar-refractivity contribution is 6.02. The summed E-state index contributed by atoms with van der Waals surface area (Å²) in [5, 5.41) is 13.1. The van der Waals surface area contributed by atoms with E-state index in [9.17, 15) is 14.7 Å². The molecule has 3 aromatic carbocycles. The monoisotopic (exact) mass is 428 g/mol. The molecule has 3 N–H and O–H groups in total. The zero-order valence-corrected chi connectivity index (χ0v) is 17.3. The molecule has 1 aromatic heterocycles. The van der Waals surface area contributed by atoms with E-state index in [1.807, 2.05) is 49.5 Å². The Balaban J connectivity index is 1.42. The lowest BCUT2D eigenvalue weighted by Crippen LogP contribution is -2.16. The van der Waals surface area contributed by atoms with Crippen molar-refractivity contribution in [1.29, 1.82) is 0 Å². The molecule has 0 bridgehead atoms. The molecular formula is C25H20N2O5. The topological polar surface area (TPSA) is 101 Å². The van der Waals surface area contributed by atoms with Crippen LogP contribution in [-0.2, 0) is 11.2 Å². The molecular weight excluding hydrogens is 408 g/mol. The Morgan fingerprint density at radius 2 is 1.78 bits per heavy atom. The summed E-state index contributed by atoms with van der Waals surface area (Å²) in [6.07, 6.45) is 1.92. The van der Waals surface area contributed by atoms with Gasteiger partial charge in [-0.05, 0) is 65.6 Å². The van der Waals surface area contributed by atoms with E-state index in [0.717, 1.165) is 38.9 Å². The van der Waals surface area contributed by atoms with Gasteiger partial charge in [0, 0.05) is 17.1 Å². The van der Waals surface area contributed by atoms with E-state index in [2.05, 4.69) is 10.3 Å². The van der Waals surface area contributed by atoms with Crippen LogP contribution in [0.25, 0.3) is 22.0 Å². The smallest absolute Gasteiger partial charge is 0.337 e. The first-order valence-corrected chi connectivity index (χ1v) is 10.1. The van der Waals surface area contributed by atoms with Crippen molar-refractivity contribution in [2.75, 3.05) is 12.1 Å². The molecule has 5 rings (SSSR count). The lowest BCUT2D eigenvalue weighted by Gasteiger charge is -2.09. The number of aryl methyl sites for hydroxylation is 1. The molecule has 7 heteroatoms. The van der Waals surface area contributed by atoms with E-state index < -0.39 is 5.97 Å². The molecule has 0 unspecified atom stereocenters. The van der Waals surface area contributed by atoms with Crippen LogP contribution in [0.5, 0.6) is 11.5 Å². The predicted octanol–water partition coefficient (Wildman–Crippen LogP) is 4.75. The normalized spacial score (nSPS) is 12.2. The van der Waals surface area contributed by atoms with Gasteiger partial charge in [-0.2, -0.15) is 0 Å². The number of fused-ring (bicyclic) bond motifs is 2. The van der Waals surface area contributed by atoms with E-state index >= 15 is 0 Å². The maximum Gasteiger partial charge on any atom is 0.337 e. The highest BCUT2D eigenvalue weighted by atomic mass is 16.7. The summed E-state index contributed by atoms with van der Waals surface area (Å²) in [5.41, 5.74) is 4.94. The van der Waals surface area contributed by atoms with Crippen LogP contribution in [0.3, 0.4) is 0 Å². The molecule has 0 atom stereocenters. The zero-order valence-electron chi connectivity index (χ0n) is 17.3. The number of carbonyl (C=O) groups excluding carboxylic acids is 1. The number of H-pyrrole nitrogens is 1. The molecule has 1 amide bonds. The van der Waals surface area contributed by atoms with Gasteiger partial charge in [0.15, 0.2) is 11.5 Å². The van der Waals surface area contributed by atoms with Crippen LogP contribution in [-0.4, -0.2) is 28.8 Å². The quantitative estimate of drug-likeness (QED) is 0.426. The number of carboxylic acid groups (broad SMARTS) is 1. The number of anilines is 1. The van der Waals surface area contributed by atoms with Gasteiger partial charge in [-0.15, -0.1) is 0 Å². The Bertz CT molecular complexity index is 1370. The Hall–Kier alpha value is -4.26. The standard InChI is InChI=1S/C25H20N2O5/c1-14-2-5-18(25(29)30)21(8-14)27-24(28)11-17-12-26-20-6-3-15(9-19(17)20)16-4-7-22-23(10-16)32-13-31-22/h2-10,12,26H,11,13H2,1H3,(H,27,28)(H,29,30). The Morgan fingerprint density at radius 1 is 1.00 bits per heavy atom. The molecule has 4 aromatic rings. The van der Waals surface area contributed by atoms with Crippen molar-refractivity contribution in [1.82, 2.24) is 4.98 Å². The fourth-order valence-corrected chi connectivity index (χ4v) is 3.90. The number of nitrogens with one attached hydrogen (secondary N) is 2. The van der Waals surface area contributed by atoms with Crippen LogP contribution in [0, 0.1) is 6.92 Å². The third-order valence-electron chi connectivity index (χ3n) is 5.50. The van der Waals surface area contributed by atoms with Crippen molar-refractivity contribution >= 4 is 28.5 Å². The number of aromatic carboxylic acids is 1. The average molecular weight is 428 g/mol. The van der Waals surface area contributed by atoms with Crippen LogP contribution in [0.2, 0.25) is 0 Å². The minimum absolute atomic E-state index is 0.0629. The lowest BCUT2D eigenvalue weighted by molar-refractivity contribution is -0.115. The molecule has 0 aliphatic carbocycles. The summed E-state index contributed by atoms with van der Waals surface area (Å²) in [7, 11) is 0. The SMILES string of the molecule is Cc1ccc(C(=O)O)c(NC(=O)Cc2c[nH]c3ccc(-c4ccc5c(c4)OCO5)cc23)c1. The van der Waals surface area contributed by atoms with Crippen LogP contribution < -0.4 is 14.8 Å². The van der Waals surface area contributed by atoms with Crippen molar-refractivity contribution in [3.63, 3.8) is 0 Å². The predicted molar refractivity (Wildman–Crippen MR) is 120 cm³/mol. The number of aromatic nitrogens is 1. The van der Waals surface area contributed by atoms with Crippen LogP contribution in [0.4, 0.5) is 5.69 Å². The number of hydrogen-bond donors (Lipinski definition) is 3. The van der Waals surface area contributed by atoms with Crippen molar-refractivity contribution in [2.45, 2.75) is 13.3 Å². The summed E-state index contributed by atoms with van der Waals surface area (Å²) in [6.45, 7) is 2.07. The summed E-state index contributed by atoms with van der Waals surface area (Å²) < 4.78 is 10.9. The Labute approximate surface area is 183 Å². The second-order valence-corrected chi connectivity index (χ2v) is 7.72. The number of benzene rings is 3. The van der Waals surface area contributed by atoms with Crippen LogP contribution in [0.1, 0.15) is 21.5 Å². The molecule has 32 heavy (non-hydrogen) atoms. The highest BCUT2D eigenvalue weighted by Gasteiger charge is 2.16. The van der Waals surface area contributed by atoms with Gasteiger partial charge in [-0.25, -0.2) is 4.79 Å². The van der Waals surface area contributed by atoms with E-state index in [1.54, 1.807) is 12.1 Å². The molecule has 0 spiro atoms. The third kappa shape index (κ3) is 3.65. The first-order valence-electron chi connectivity index (χ1n) is 10.1. The van der Waals surface area contributed by atoms with E-state index in [1.165, 1.54) is 6.07 Å². The molecule has 1 aliphatic rings. The number of aromatic amines is 1. The fourth-order valence-electron chi connectivity index (χ4n) is 3.90. The lowest BCUT2D eigenvalue weighted by atomic mass is 10.0. The summed E-state index contributed by atoms with van der Waals surface area (Å²) in [6, 6.07) is 16.7. The van der Waals surface area contributed by atoms with Crippen molar-refractivity contribution < 1.29 is 24.2 Å². The molecule has 160 valence electrons. The van der Waals surface area contributed by atoms with E-state index in [0.29, 0.717) is 11.4 Å². The molecule has 0 radical (unpaired) electrons. The first kappa shape index (κ1) is 19.7. The van der Waals surface area contributed by atoms with Crippen molar-refractivity contribution in [3.8, 4) is 22.6 Å². The second kappa shape index (κ2) is 7.77. The zero-order chi connectivity index (χ0) is 22.2. The largest absolute Gasteiger partial charge is 0.478 e. The van der Waals surface area contributed by atoms with Crippen LogP contribution in [0.15, 0.2) is 60.8 Å². The Kier molecular flexibility index (Phi) is 4.78. The van der Waals surface area contributed by atoms with E-state index in [4.69, 9.17) is 9.47 Å². The summed E-state index contributed by atoms with van der Waals surface area (Å²) in [4.78, 5) is 27.4. The number of amides is 1. The highest BCUT2D eigenvalue weighted by Crippen LogP contribution is 2.36. The third-order valence-corrected chi connectivity index (χ3v) is 5.50. The Morgan fingerprint density at radius 3 is 2.62 bits per heavy atom. The molecule has 0 saturated heterocycles. The number of hydrogen-bond acceptors (Lipinski definition) is 4. The fraction of sp³-hybridized carbons (Fsp3) is 0.120. The molecule has 2 heterocycles. The van der Waals surface area contributed by atoms with Gasteiger partial charge in [0.2, 0.25) is 12.7 Å². The van der Waals surface area contributed by atoms with Gasteiger partial charge in [0.25, 0.3) is 0 Å². The maximum absolute atomic E-state index is 12.7. The van der Waals surface area contributed by atoms with Gasteiger partial charge in [-0.3, -0.25) is 4.79 Å². The van der Waals surface area contributed by atoms with Crippen LogP contribution >= 0.6 is 0 Å². The van der Waals surface area contributed by atoms with Gasteiger partial charge in [-0.1, -0.05) is 18.2 Å². The summed E-state index contributed by atoms with van der Waals surface area (Å²) in [5.74, 6) is 0.0719. The van der Waals surface area contributed by atoms with Gasteiger partial charge < -0.3 is 24.9 Å². The second-order valence-electron chi connectivity index (χ2n) is 7.72. The number of carbonyl (C=O) groups is 2.